The van der Waals surface area contributed by atoms with Gasteiger partial charge >= 0.3 is 0 Å². The molecular weight excluding hydrogens is 546 g/mol. The van der Waals surface area contributed by atoms with Gasteiger partial charge < -0.3 is 14.8 Å². The molecule has 0 amide bonds. The van der Waals surface area contributed by atoms with Crippen LogP contribution in [0.25, 0.3) is 22.4 Å². The SMILES string of the molecule is CCc1c(F)c(F)cc(C(O)c2[nH]c(-c3ccc(F)cc3)cc2-c2ccccc2OCc2ccccc2C(C)=O)c1F. The zero-order valence-corrected chi connectivity index (χ0v) is 22.9. The lowest BCUT2D eigenvalue weighted by Gasteiger charge is -2.18. The van der Waals surface area contributed by atoms with Crippen molar-refractivity contribution in [2.45, 2.75) is 33.0 Å². The molecule has 0 saturated carbocycles. The molecule has 0 fully saturated rings. The van der Waals surface area contributed by atoms with Gasteiger partial charge in [0, 0.05) is 39.1 Å². The Labute approximate surface area is 240 Å². The normalized spacial score (nSPS) is 11.9. The minimum Gasteiger partial charge on any atom is -0.488 e. The quantitative estimate of drug-likeness (QED) is 0.106. The van der Waals surface area contributed by atoms with Gasteiger partial charge in [-0.25, -0.2) is 17.6 Å². The highest BCUT2D eigenvalue weighted by molar-refractivity contribution is 5.95. The monoisotopic (exact) mass is 573 g/mol. The van der Waals surface area contributed by atoms with E-state index in [2.05, 4.69) is 4.98 Å². The average Bonchev–Trinajstić information content (AvgIpc) is 3.44. The molecule has 2 N–H and O–H groups in total. The van der Waals surface area contributed by atoms with Gasteiger partial charge in [0.25, 0.3) is 0 Å². The number of aliphatic hydroxyl groups is 1. The molecule has 4 aromatic carbocycles. The Morgan fingerprint density at radius 3 is 2.29 bits per heavy atom. The number of hydrogen-bond acceptors (Lipinski definition) is 3. The Balaban J connectivity index is 1.63. The number of carbonyl (C=O) groups excluding carboxylic acids is 1. The molecule has 1 unspecified atom stereocenters. The van der Waals surface area contributed by atoms with Crippen molar-refractivity contribution in [1.82, 2.24) is 4.98 Å². The third kappa shape index (κ3) is 5.58. The van der Waals surface area contributed by atoms with Gasteiger partial charge in [0.05, 0.1) is 5.69 Å². The van der Waals surface area contributed by atoms with Gasteiger partial charge in [-0.3, -0.25) is 4.79 Å². The molecule has 8 heteroatoms. The van der Waals surface area contributed by atoms with Gasteiger partial charge in [0.1, 0.15) is 30.1 Å². The molecule has 5 rings (SSSR count). The maximum atomic E-state index is 15.4. The Bertz CT molecular complexity index is 1760. The number of aromatic amines is 1. The van der Waals surface area contributed by atoms with Crippen molar-refractivity contribution in [3.8, 4) is 28.1 Å². The van der Waals surface area contributed by atoms with Gasteiger partial charge in [-0.2, -0.15) is 0 Å². The first kappa shape index (κ1) is 28.8. The molecule has 0 aliphatic rings. The summed E-state index contributed by atoms with van der Waals surface area (Å²) in [5.74, 6) is -3.77. The van der Waals surface area contributed by atoms with E-state index < -0.39 is 40.5 Å². The van der Waals surface area contributed by atoms with Gasteiger partial charge in [-0.15, -0.1) is 0 Å². The summed E-state index contributed by atoms with van der Waals surface area (Å²) in [6.07, 6.45) is -1.84. The summed E-state index contributed by atoms with van der Waals surface area (Å²) in [5, 5.41) is 11.5. The summed E-state index contributed by atoms with van der Waals surface area (Å²) >= 11 is 0. The van der Waals surface area contributed by atoms with E-state index in [0.29, 0.717) is 45.3 Å². The van der Waals surface area contributed by atoms with E-state index in [1.165, 1.54) is 38.1 Å². The van der Waals surface area contributed by atoms with Crippen LogP contribution >= 0.6 is 0 Å². The molecule has 0 aliphatic carbocycles. The smallest absolute Gasteiger partial charge is 0.164 e. The van der Waals surface area contributed by atoms with Gasteiger partial charge in [-0.05, 0) is 61.4 Å². The lowest BCUT2D eigenvalue weighted by molar-refractivity contribution is 0.101. The van der Waals surface area contributed by atoms with Crippen LogP contribution in [0.1, 0.15) is 52.7 Å². The first-order valence-corrected chi connectivity index (χ1v) is 13.3. The number of aromatic nitrogens is 1. The summed E-state index contributed by atoms with van der Waals surface area (Å²) < 4.78 is 64.0. The van der Waals surface area contributed by atoms with Crippen molar-refractivity contribution < 1.29 is 32.2 Å². The molecule has 1 heterocycles. The number of para-hydroxylation sites is 1. The third-order valence-corrected chi connectivity index (χ3v) is 7.16. The van der Waals surface area contributed by atoms with Crippen molar-refractivity contribution >= 4 is 5.78 Å². The minimum absolute atomic E-state index is 0.0670. The van der Waals surface area contributed by atoms with E-state index >= 15 is 4.39 Å². The number of Topliss-reactive ketones (excluding diaryl/α,β-unsaturated/α-hetero) is 1. The number of ether oxygens (including phenoxy) is 1. The fourth-order valence-electron chi connectivity index (χ4n) is 5.00. The van der Waals surface area contributed by atoms with Crippen LogP contribution in [0, 0.1) is 23.3 Å². The van der Waals surface area contributed by atoms with E-state index in [9.17, 15) is 23.1 Å². The van der Waals surface area contributed by atoms with Crippen LogP contribution in [0.4, 0.5) is 17.6 Å². The minimum atomic E-state index is -1.72. The van der Waals surface area contributed by atoms with Crippen molar-refractivity contribution in [3.63, 3.8) is 0 Å². The van der Waals surface area contributed by atoms with E-state index in [-0.39, 0.29) is 24.5 Å². The van der Waals surface area contributed by atoms with Crippen LogP contribution in [0.5, 0.6) is 5.75 Å². The summed E-state index contributed by atoms with van der Waals surface area (Å²) in [6, 6.07) is 22.0. The number of H-pyrrole nitrogens is 1. The van der Waals surface area contributed by atoms with E-state index in [4.69, 9.17) is 4.74 Å². The lowest BCUT2D eigenvalue weighted by atomic mass is 9.95. The Kier molecular flexibility index (Phi) is 8.27. The van der Waals surface area contributed by atoms with Crippen LogP contribution in [0.15, 0.2) is 84.9 Å². The summed E-state index contributed by atoms with van der Waals surface area (Å²) in [6.45, 7) is 3.03. The van der Waals surface area contributed by atoms with Gasteiger partial charge in [0.15, 0.2) is 17.4 Å². The second-order valence-corrected chi connectivity index (χ2v) is 9.83. The highest BCUT2D eigenvalue weighted by Gasteiger charge is 2.27. The second-order valence-electron chi connectivity index (χ2n) is 9.83. The second kappa shape index (κ2) is 12.0. The predicted octanol–water partition coefficient (Wildman–Crippen LogP) is 8.33. The highest BCUT2D eigenvalue weighted by atomic mass is 19.2. The maximum Gasteiger partial charge on any atom is 0.164 e. The highest BCUT2D eigenvalue weighted by Crippen LogP contribution is 2.41. The molecule has 5 aromatic rings. The fraction of sp³-hybridized carbons (Fsp3) is 0.147. The number of aliphatic hydroxyl groups excluding tert-OH is 1. The number of rotatable bonds is 9. The number of halogens is 4. The van der Waals surface area contributed by atoms with Crippen molar-refractivity contribution in [2.75, 3.05) is 0 Å². The molecule has 1 aromatic heterocycles. The van der Waals surface area contributed by atoms with E-state index in [1.807, 2.05) is 0 Å². The van der Waals surface area contributed by atoms with E-state index in [0.717, 1.165) is 0 Å². The molecule has 214 valence electrons. The molecule has 0 aliphatic heterocycles. The first-order chi connectivity index (χ1) is 20.2. The van der Waals surface area contributed by atoms with Crippen molar-refractivity contribution in [3.05, 3.63) is 136 Å². The fourth-order valence-corrected chi connectivity index (χ4v) is 5.00. The molecule has 0 bridgehead atoms. The van der Waals surface area contributed by atoms with Crippen molar-refractivity contribution in [2.24, 2.45) is 0 Å². The zero-order valence-electron chi connectivity index (χ0n) is 22.9. The molecule has 1 atom stereocenters. The average molecular weight is 574 g/mol. The molecule has 0 radical (unpaired) electrons. The number of benzene rings is 4. The molecule has 4 nitrogen and oxygen atoms in total. The molecular formula is C34H27F4NO3. The number of hydrogen-bond donors (Lipinski definition) is 2. The number of carbonyl (C=O) groups is 1. The Morgan fingerprint density at radius 2 is 1.57 bits per heavy atom. The Morgan fingerprint density at radius 1 is 0.881 bits per heavy atom. The van der Waals surface area contributed by atoms with Gasteiger partial charge in [0.2, 0.25) is 0 Å². The summed E-state index contributed by atoms with van der Waals surface area (Å²) in [5.41, 5.74) is 2.34. The van der Waals surface area contributed by atoms with Crippen LogP contribution in [0.3, 0.4) is 0 Å². The maximum absolute atomic E-state index is 15.4. The largest absolute Gasteiger partial charge is 0.488 e. The van der Waals surface area contributed by atoms with Crippen LogP contribution in [-0.4, -0.2) is 15.9 Å². The number of ketones is 1. The standard InChI is InChI=1S/C34H27F4NO3/c1-3-23-31(37)27(16-28(36)32(23)38)34(41)33-26(17-29(39-33)20-12-14-22(35)15-13-20)25-10-6-7-11-30(25)42-18-21-8-4-5-9-24(21)19(2)40/h4-17,34,39,41H,3,18H2,1-2H3. The lowest BCUT2D eigenvalue weighted by Crippen LogP contribution is -2.10. The first-order valence-electron chi connectivity index (χ1n) is 13.3. The van der Waals surface area contributed by atoms with Gasteiger partial charge in [-0.1, -0.05) is 49.4 Å². The molecule has 0 saturated heterocycles. The van der Waals surface area contributed by atoms with E-state index in [1.54, 1.807) is 54.6 Å². The topological polar surface area (TPSA) is 62.3 Å². The predicted molar refractivity (Wildman–Crippen MR) is 152 cm³/mol. The molecule has 0 spiro atoms. The summed E-state index contributed by atoms with van der Waals surface area (Å²) in [4.78, 5) is 15.2. The number of nitrogens with one attached hydrogen (secondary N) is 1. The third-order valence-electron chi connectivity index (χ3n) is 7.16. The zero-order chi connectivity index (χ0) is 30.0. The van der Waals surface area contributed by atoms with Crippen LogP contribution < -0.4 is 4.74 Å². The van der Waals surface area contributed by atoms with Crippen molar-refractivity contribution in [1.29, 1.82) is 0 Å². The van der Waals surface area contributed by atoms with Crippen LogP contribution in [0.2, 0.25) is 0 Å². The summed E-state index contributed by atoms with van der Waals surface area (Å²) in [7, 11) is 0. The Hall–Kier alpha value is -4.69. The molecule has 42 heavy (non-hydrogen) atoms. The van der Waals surface area contributed by atoms with Crippen LogP contribution in [-0.2, 0) is 13.0 Å².